The zero-order chi connectivity index (χ0) is 35.9. The number of ether oxygens (including phenoxy) is 8. The maximum absolute atomic E-state index is 12.2. The van der Waals surface area contributed by atoms with Gasteiger partial charge in [0.05, 0.1) is 79.2 Å². The lowest BCUT2D eigenvalue weighted by molar-refractivity contribution is -0.155. The Morgan fingerprint density at radius 2 is 1.08 bits per heavy atom. The third kappa shape index (κ3) is 16.9. The average molecular weight is 703 g/mol. The number of alkyl carbamates (subject to hydrolysis) is 1. The molecule has 278 valence electrons. The molecule has 2 amide bonds. The molecule has 0 fully saturated rings. The van der Waals surface area contributed by atoms with E-state index in [-0.39, 0.29) is 30.9 Å². The first-order valence-electron chi connectivity index (χ1n) is 17.3. The summed E-state index contributed by atoms with van der Waals surface area (Å²) in [4.78, 5) is 35.9. The van der Waals surface area contributed by atoms with Crippen molar-refractivity contribution < 1.29 is 52.3 Å². The minimum Gasteiger partial charge on any atom is -0.460 e. The van der Waals surface area contributed by atoms with Crippen molar-refractivity contribution in [3.8, 4) is 11.1 Å². The summed E-state index contributed by atoms with van der Waals surface area (Å²) in [6.07, 6.45) is 0.322. The van der Waals surface area contributed by atoms with E-state index in [1.165, 1.54) is 0 Å². The van der Waals surface area contributed by atoms with Crippen LogP contribution in [0, 0.1) is 0 Å². The summed E-state index contributed by atoms with van der Waals surface area (Å²) < 4.78 is 43.5. The van der Waals surface area contributed by atoms with Crippen LogP contribution in [0.2, 0.25) is 0 Å². The molecular formula is C37H54N2O11. The highest BCUT2D eigenvalue weighted by atomic mass is 16.6. The molecule has 0 saturated carbocycles. The van der Waals surface area contributed by atoms with E-state index in [1.807, 2.05) is 45.0 Å². The number of carbonyl (C=O) groups excluding carboxylic acids is 3. The monoisotopic (exact) mass is 702 g/mol. The fraction of sp³-hybridized carbons (Fsp3) is 0.595. The maximum Gasteiger partial charge on any atom is 0.407 e. The largest absolute Gasteiger partial charge is 0.460 e. The fourth-order valence-corrected chi connectivity index (χ4v) is 5.04. The van der Waals surface area contributed by atoms with Crippen LogP contribution in [0.3, 0.4) is 0 Å². The van der Waals surface area contributed by atoms with Crippen molar-refractivity contribution in [1.82, 2.24) is 10.6 Å². The van der Waals surface area contributed by atoms with Crippen LogP contribution in [-0.2, 0) is 47.5 Å². The van der Waals surface area contributed by atoms with Crippen LogP contribution in [0.15, 0.2) is 48.5 Å². The fourth-order valence-electron chi connectivity index (χ4n) is 5.04. The summed E-state index contributed by atoms with van der Waals surface area (Å²) in [5.74, 6) is -0.585. The Balaban J connectivity index is 1.02. The summed E-state index contributed by atoms with van der Waals surface area (Å²) in [6.45, 7) is 11.1. The molecule has 0 bridgehead atoms. The van der Waals surface area contributed by atoms with Crippen molar-refractivity contribution in [1.29, 1.82) is 0 Å². The second kappa shape index (κ2) is 23.7. The smallest absolute Gasteiger partial charge is 0.407 e. The van der Waals surface area contributed by atoms with E-state index in [9.17, 15) is 14.4 Å². The predicted molar refractivity (Wildman–Crippen MR) is 186 cm³/mol. The van der Waals surface area contributed by atoms with Crippen LogP contribution in [0.4, 0.5) is 4.79 Å². The van der Waals surface area contributed by atoms with Crippen molar-refractivity contribution in [3.05, 3.63) is 59.7 Å². The van der Waals surface area contributed by atoms with Crippen molar-refractivity contribution >= 4 is 18.0 Å². The Morgan fingerprint density at radius 1 is 0.620 bits per heavy atom. The molecule has 2 aromatic carbocycles. The van der Waals surface area contributed by atoms with E-state index in [2.05, 4.69) is 34.9 Å². The van der Waals surface area contributed by atoms with Gasteiger partial charge < -0.3 is 48.5 Å². The molecule has 2 aromatic rings. The van der Waals surface area contributed by atoms with Gasteiger partial charge in [0.25, 0.3) is 0 Å². The van der Waals surface area contributed by atoms with Crippen molar-refractivity contribution in [2.45, 2.75) is 45.1 Å². The Labute approximate surface area is 295 Å². The molecule has 13 heteroatoms. The summed E-state index contributed by atoms with van der Waals surface area (Å²) in [5, 5.41) is 5.20. The Kier molecular flexibility index (Phi) is 19.4. The maximum atomic E-state index is 12.2. The minimum absolute atomic E-state index is 0.0399. The molecule has 0 unspecified atom stereocenters. The van der Waals surface area contributed by atoms with Crippen LogP contribution < -0.4 is 10.6 Å². The highest BCUT2D eigenvalue weighted by molar-refractivity contribution is 5.82. The lowest BCUT2D eigenvalue weighted by Gasteiger charge is -2.19. The first kappa shape index (κ1) is 40.8. The lowest BCUT2D eigenvalue weighted by atomic mass is 9.98. The quantitative estimate of drug-likeness (QED) is 0.109. The SMILES string of the molecule is CC(C)(C)OC(=O)CCCOCCOCCOCCOCCOCCOCCNC(=O)CNC(=O)OCC1c2ccccc2-c2ccccc21. The lowest BCUT2D eigenvalue weighted by Crippen LogP contribution is -2.38. The Morgan fingerprint density at radius 3 is 1.58 bits per heavy atom. The highest BCUT2D eigenvalue weighted by Crippen LogP contribution is 2.44. The van der Waals surface area contributed by atoms with Crippen molar-refractivity contribution in [3.63, 3.8) is 0 Å². The van der Waals surface area contributed by atoms with E-state index in [0.717, 1.165) is 22.3 Å². The number of benzene rings is 2. The molecular weight excluding hydrogens is 648 g/mol. The van der Waals surface area contributed by atoms with Gasteiger partial charge in [0.15, 0.2) is 0 Å². The average Bonchev–Trinajstić information content (AvgIpc) is 3.41. The molecule has 0 atom stereocenters. The van der Waals surface area contributed by atoms with Gasteiger partial charge in [-0.15, -0.1) is 0 Å². The molecule has 1 aliphatic carbocycles. The first-order chi connectivity index (χ1) is 24.2. The van der Waals surface area contributed by atoms with Crippen LogP contribution in [0.25, 0.3) is 11.1 Å². The zero-order valence-corrected chi connectivity index (χ0v) is 29.7. The Hall–Kier alpha value is -3.59. The number of hydrogen-bond donors (Lipinski definition) is 2. The first-order valence-corrected chi connectivity index (χ1v) is 17.3. The highest BCUT2D eigenvalue weighted by Gasteiger charge is 2.29. The van der Waals surface area contributed by atoms with Crippen LogP contribution in [-0.4, -0.2) is 123 Å². The van der Waals surface area contributed by atoms with E-state index < -0.39 is 11.7 Å². The van der Waals surface area contributed by atoms with Gasteiger partial charge in [0, 0.05) is 25.5 Å². The Bertz CT molecular complexity index is 1240. The molecule has 50 heavy (non-hydrogen) atoms. The molecule has 0 saturated heterocycles. The normalized spacial score (nSPS) is 12.3. The summed E-state index contributed by atoms with van der Waals surface area (Å²) >= 11 is 0. The van der Waals surface area contributed by atoms with Gasteiger partial charge >= 0.3 is 12.1 Å². The molecule has 0 heterocycles. The van der Waals surface area contributed by atoms with E-state index >= 15 is 0 Å². The molecule has 0 aromatic heterocycles. The summed E-state index contributed by atoms with van der Waals surface area (Å²) in [6, 6.07) is 16.2. The van der Waals surface area contributed by atoms with Crippen LogP contribution >= 0.6 is 0 Å². The van der Waals surface area contributed by atoms with E-state index in [1.54, 1.807) is 0 Å². The predicted octanol–water partition coefficient (Wildman–Crippen LogP) is 3.86. The van der Waals surface area contributed by atoms with Gasteiger partial charge in [-0.2, -0.15) is 0 Å². The second-order valence-electron chi connectivity index (χ2n) is 12.4. The molecule has 3 rings (SSSR count). The summed E-state index contributed by atoms with van der Waals surface area (Å²) in [7, 11) is 0. The second-order valence-corrected chi connectivity index (χ2v) is 12.4. The van der Waals surface area contributed by atoms with Crippen LogP contribution in [0.1, 0.15) is 50.7 Å². The minimum atomic E-state index is -0.638. The van der Waals surface area contributed by atoms with Gasteiger partial charge in [-0.25, -0.2) is 4.79 Å². The van der Waals surface area contributed by atoms with Gasteiger partial charge in [-0.3, -0.25) is 9.59 Å². The third-order valence-electron chi connectivity index (χ3n) is 7.26. The van der Waals surface area contributed by atoms with Crippen LogP contribution in [0.5, 0.6) is 0 Å². The standard InChI is InChI=1S/C37H54N2O11/c1-37(2,3)50-35(41)13-8-15-43-17-19-45-21-23-47-25-26-48-24-22-46-20-18-44-16-14-38-34(40)27-39-36(42)49-28-33-31-11-6-4-9-29(31)30-10-5-7-12-32(30)33/h4-7,9-12,33H,8,13-28H2,1-3H3,(H,38,40)(H,39,42). The van der Waals surface area contributed by atoms with Gasteiger partial charge in [-0.05, 0) is 49.4 Å². The molecule has 0 aliphatic heterocycles. The van der Waals surface area contributed by atoms with Crippen molar-refractivity contribution in [2.75, 3.05) is 99.0 Å². The molecule has 1 aliphatic rings. The number of carbonyl (C=O) groups is 3. The van der Waals surface area contributed by atoms with Crippen molar-refractivity contribution in [2.24, 2.45) is 0 Å². The number of amides is 2. The zero-order valence-electron chi connectivity index (χ0n) is 29.7. The third-order valence-corrected chi connectivity index (χ3v) is 7.26. The number of esters is 1. The van der Waals surface area contributed by atoms with E-state index in [0.29, 0.717) is 98.7 Å². The van der Waals surface area contributed by atoms with Gasteiger partial charge in [-0.1, -0.05) is 48.5 Å². The number of hydrogen-bond acceptors (Lipinski definition) is 11. The number of nitrogens with one attached hydrogen (secondary N) is 2. The van der Waals surface area contributed by atoms with Gasteiger partial charge in [0.2, 0.25) is 5.91 Å². The van der Waals surface area contributed by atoms with E-state index in [4.69, 9.17) is 37.9 Å². The van der Waals surface area contributed by atoms with Gasteiger partial charge in [0.1, 0.15) is 12.2 Å². The molecule has 0 radical (unpaired) electrons. The molecule has 0 spiro atoms. The molecule has 13 nitrogen and oxygen atoms in total. The number of rotatable bonds is 26. The number of fused-ring (bicyclic) bond motifs is 3. The summed E-state index contributed by atoms with van der Waals surface area (Å²) in [5.41, 5.74) is 4.10. The molecule has 2 N–H and O–H groups in total. The topological polar surface area (TPSA) is 149 Å².